The van der Waals surface area contributed by atoms with Crippen LogP contribution in [0.2, 0.25) is 0 Å². The molecule has 0 saturated heterocycles. The van der Waals surface area contributed by atoms with Gasteiger partial charge in [0, 0.05) is 5.56 Å². The second-order valence-electron chi connectivity index (χ2n) is 4.05. The predicted octanol–water partition coefficient (Wildman–Crippen LogP) is 3.35. The molecule has 4 heteroatoms. The van der Waals surface area contributed by atoms with Crippen LogP contribution in [0.5, 0.6) is 0 Å². The zero-order valence-corrected chi connectivity index (χ0v) is 9.44. The summed E-state index contributed by atoms with van der Waals surface area (Å²) in [5, 5.41) is 3.78. The number of benzene rings is 1. The summed E-state index contributed by atoms with van der Waals surface area (Å²) in [6, 6.07) is 8.30. The number of hydrogen-bond acceptors (Lipinski definition) is 3. The second kappa shape index (κ2) is 3.91. The normalized spacial score (nSPS) is 15.3. The van der Waals surface area contributed by atoms with Crippen molar-refractivity contribution in [3.63, 3.8) is 0 Å². The lowest BCUT2D eigenvalue weighted by molar-refractivity contribution is 0.425. The summed E-state index contributed by atoms with van der Waals surface area (Å²) in [7, 11) is 0. The molecule has 82 valence electrons. The van der Waals surface area contributed by atoms with E-state index < -0.39 is 0 Å². The Bertz CT molecular complexity index is 505. The Morgan fingerprint density at radius 1 is 1.38 bits per heavy atom. The maximum Gasteiger partial charge on any atom is 0.257 e. The van der Waals surface area contributed by atoms with Crippen molar-refractivity contribution in [3.05, 3.63) is 35.7 Å². The summed E-state index contributed by atoms with van der Waals surface area (Å²) < 4.78 is 5.15. The van der Waals surface area contributed by atoms with Gasteiger partial charge in [-0.05, 0) is 36.5 Å². The lowest BCUT2D eigenvalue weighted by Gasteiger charge is -1.99. The molecule has 16 heavy (non-hydrogen) atoms. The van der Waals surface area contributed by atoms with Gasteiger partial charge in [0.2, 0.25) is 0 Å². The van der Waals surface area contributed by atoms with Gasteiger partial charge >= 0.3 is 0 Å². The second-order valence-corrected chi connectivity index (χ2v) is 4.32. The minimum Gasteiger partial charge on any atom is -0.334 e. The third-order valence-corrected chi connectivity index (χ3v) is 3.01. The molecule has 0 radical (unpaired) electrons. The molecule has 0 unspecified atom stereocenters. The molecule has 1 aromatic heterocycles. The Kier molecular flexibility index (Phi) is 2.40. The van der Waals surface area contributed by atoms with Crippen molar-refractivity contribution in [1.82, 2.24) is 10.1 Å². The van der Waals surface area contributed by atoms with Gasteiger partial charge in [-0.3, -0.25) is 0 Å². The first kappa shape index (κ1) is 9.85. The molecule has 0 amide bonds. The van der Waals surface area contributed by atoms with Crippen LogP contribution in [-0.4, -0.2) is 10.1 Å². The van der Waals surface area contributed by atoms with Gasteiger partial charge in [-0.25, -0.2) is 0 Å². The molecule has 0 bridgehead atoms. The first-order chi connectivity index (χ1) is 7.86. The first-order valence-electron chi connectivity index (χ1n) is 5.35. The van der Waals surface area contributed by atoms with Gasteiger partial charge in [-0.2, -0.15) is 4.98 Å². The maximum absolute atomic E-state index is 5.63. The Labute approximate surface area is 98.4 Å². The van der Waals surface area contributed by atoms with Crippen LogP contribution in [-0.2, 0) is 5.88 Å². The summed E-state index contributed by atoms with van der Waals surface area (Å²) in [6.45, 7) is 0. The van der Waals surface area contributed by atoms with E-state index in [1.165, 1.54) is 18.4 Å². The predicted molar refractivity (Wildman–Crippen MR) is 61.3 cm³/mol. The van der Waals surface area contributed by atoms with Crippen LogP contribution in [0.1, 0.15) is 30.1 Å². The fourth-order valence-electron chi connectivity index (χ4n) is 1.77. The number of rotatable bonds is 3. The highest BCUT2D eigenvalue weighted by atomic mass is 35.5. The molecule has 2 aromatic rings. The van der Waals surface area contributed by atoms with Crippen molar-refractivity contribution < 1.29 is 4.52 Å². The van der Waals surface area contributed by atoms with E-state index in [-0.39, 0.29) is 5.88 Å². The lowest BCUT2D eigenvalue weighted by atomic mass is 10.1. The minimum atomic E-state index is 0.284. The quantitative estimate of drug-likeness (QED) is 0.765. The monoisotopic (exact) mass is 234 g/mol. The highest BCUT2D eigenvalue weighted by Gasteiger charge is 2.23. The fourth-order valence-corrected chi connectivity index (χ4v) is 1.88. The van der Waals surface area contributed by atoms with Crippen molar-refractivity contribution >= 4 is 11.6 Å². The van der Waals surface area contributed by atoms with E-state index in [4.69, 9.17) is 16.1 Å². The molecule has 1 aliphatic carbocycles. The van der Waals surface area contributed by atoms with E-state index in [2.05, 4.69) is 22.3 Å². The van der Waals surface area contributed by atoms with Crippen LogP contribution >= 0.6 is 11.6 Å². The first-order valence-corrected chi connectivity index (χ1v) is 5.89. The summed E-state index contributed by atoms with van der Waals surface area (Å²) in [4.78, 5) is 4.21. The molecular formula is C12H11ClN2O. The molecule has 0 atom stereocenters. The van der Waals surface area contributed by atoms with Gasteiger partial charge in [-0.15, -0.1) is 11.6 Å². The molecule has 1 heterocycles. The maximum atomic E-state index is 5.63. The fraction of sp³-hybridized carbons (Fsp3) is 0.333. The van der Waals surface area contributed by atoms with E-state index >= 15 is 0 Å². The Morgan fingerprint density at radius 3 is 2.94 bits per heavy atom. The van der Waals surface area contributed by atoms with Crippen molar-refractivity contribution in [2.24, 2.45) is 0 Å². The number of nitrogens with zero attached hydrogens (tertiary/aromatic N) is 2. The zero-order valence-electron chi connectivity index (χ0n) is 8.69. The van der Waals surface area contributed by atoms with Gasteiger partial charge < -0.3 is 4.52 Å². The third kappa shape index (κ3) is 1.83. The molecule has 1 fully saturated rings. The molecule has 0 N–H and O–H groups in total. The van der Waals surface area contributed by atoms with Crippen molar-refractivity contribution in [1.29, 1.82) is 0 Å². The molecule has 1 aliphatic rings. The van der Waals surface area contributed by atoms with Crippen LogP contribution in [0.25, 0.3) is 11.5 Å². The van der Waals surface area contributed by atoms with Crippen molar-refractivity contribution in [3.8, 4) is 11.5 Å². The number of alkyl halides is 1. The number of hydrogen-bond donors (Lipinski definition) is 0. The lowest BCUT2D eigenvalue weighted by Crippen LogP contribution is -1.83. The molecule has 1 aromatic carbocycles. The summed E-state index contributed by atoms with van der Waals surface area (Å²) >= 11 is 5.63. The van der Waals surface area contributed by atoms with Crippen molar-refractivity contribution in [2.45, 2.75) is 24.6 Å². The third-order valence-electron chi connectivity index (χ3n) is 2.77. The molecule has 0 aliphatic heterocycles. The van der Waals surface area contributed by atoms with Gasteiger partial charge in [0.05, 0.1) is 5.88 Å². The SMILES string of the molecule is ClCc1noc(-c2cccc(C3CC3)c2)n1. The molecule has 3 rings (SSSR count). The van der Waals surface area contributed by atoms with Crippen LogP contribution < -0.4 is 0 Å². The van der Waals surface area contributed by atoms with Gasteiger partial charge in [-0.1, -0.05) is 17.3 Å². The topological polar surface area (TPSA) is 38.9 Å². The standard InChI is InChI=1S/C12H11ClN2O/c13-7-11-14-12(16-15-11)10-3-1-2-9(6-10)8-4-5-8/h1-3,6,8H,4-5,7H2. The summed E-state index contributed by atoms with van der Waals surface area (Å²) in [5.41, 5.74) is 2.34. The van der Waals surface area contributed by atoms with Crippen LogP contribution in [0, 0.1) is 0 Å². The van der Waals surface area contributed by atoms with Crippen LogP contribution in [0.4, 0.5) is 0 Å². The summed E-state index contributed by atoms with van der Waals surface area (Å²) in [6.07, 6.45) is 2.58. The van der Waals surface area contributed by atoms with Gasteiger partial charge in [0.25, 0.3) is 5.89 Å². The van der Waals surface area contributed by atoms with E-state index in [1.807, 2.05) is 12.1 Å². The summed E-state index contributed by atoms with van der Waals surface area (Å²) in [5.74, 6) is 2.10. The van der Waals surface area contributed by atoms with Crippen LogP contribution in [0.3, 0.4) is 0 Å². The largest absolute Gasteiger partial charge is 0.334 e. The van der Waals surface area contributed by atoms with Gasteiger partial charge in [0.1, 0.15) is 0 Å². The van der Waals surface area contributed by atoms with E-state index in [1.54, 1.807) is 0 Å². The number of aromatic nitrogens is 2. The molecule has 1 saturated carbocycles. The molecule has 3 nitrogen and oxygen atoms in total. The van der Waals surface area contributed by atoms with E-state index in [0.29, 0.717) is 11.7 Å². The van der Waals surface area contributed by atoms with Crippen molar-refractivity contribution in [2.75, 3.05) is 0 Å². The molecule has 0 spiro atoms. The van der Waals surface area contributed by atoms with E-state index in [0.717, 1.165) is 11.5 Å². The molecular weight excluding hydrogens is 224 g/mol. The smallest absolute Gasteiger partial charge is 0.257 e. The average Bonchev–Trinajstić information content (AvgIpc) is 3.07. The zero-order chi connectivity index (χ0) is 11.0. The Balaban J connectivity index is 1.95. The highest BCUT2D eigenvalue weighted by Crippen LogP contribution is 2.40. The Hall–Kier alpha value is -1.35. The van der Waals surface area contributed by atoms with Gasteiger partial charge in [0.15, 0.2) is 5.82 Å². The highest BCUT2D eigenvalue weighted by molar-refractivity contribution is 6.16. The van der Waals surface area contributed by atoms with Crippen LogP contribution in [0.15, 0.2) is 28.8 Å². The Morgan fingerprint density at radius 2 is 2.25 bits per heavy atom. The van der Waals surface area contributed by atoms with E-state index in [9.17, 15) is 0 Å². The number of halogens is 1. The average molecular weight is 235 g/mol. The minimum absolute atomic E-state index is 0.284.